The first-order valence-electron chi connectivity index (χ1n) is 6.89. The van der Waals surface area contributed by atoms with Crippen LogP contribution in [-0.4, -0.2) is 22.2 Å². The molecule has 110 valence electrons. The number of fused-ring (bicyclic) bond motifs is 3. The average Bonchev–Trinajstić information content (AvgIpc) is 2.86. The minimum absolute atomic E-state index is 0.306. The van der Waals surface area contributed by atoms with E-state index in [1.54, 1.807) is 32.3 Å². The number of para-hydroxylation sites is 1. The molecule has 2 aromatic rings. The summed E-state index contributed by atoms with van der Waals surface area (Å²) in [6.07, 6.45) is 0. The average molecular weight is 286 g/mol. The number of carbonyl (C=O) groups is 2. The second kappa shape index (κ2) is 4.10. The standard InChI is InChI=1S/C16H18N2O3/c1-15(2,3)21-13(19)16(4)12-9-10-7-5-6-8-11(10)18(12)14(20)17-16/h5-9H,1-4H3,(H,17,20)/t16-/m1/s1. The quantitative estimate of drug-likeness (QED) is 0.820. The molecule has 2 heterocycles. The van der Waals surface area contributed by atoms with Gasteiger partial charge in [-0.25, -0.2) is 9.59 Å². The summed E-state index contributed by atoms with van der Waals surface area (Å²) in [7, 11) is 0. The minimum atomic E-state index is -1.16. The minimum Gasteiger partial charge on any atom is -0.458 e. The Bertz CT molecular complexity index is 754. The van der Waals surface area contributed by atoms with Gasteiger partial charge >= 0.3 is 12.0 Å². The van der Waals surface area contributed by atoms with E-state index in [2.05, 4.69) is 5.32 Å². The van der Waals surface area contributed by atoms with Crippen LogP contribution in [0.1, 0.15) is 33.4 Å². The van der Waals surface area contributed by atoms with Crippen LogP contribution in [0.5, 0.6) is 0 Å². The van der Waals surface area contributed by atoms with Crippen molar-refractivity contribution in [2.75, 3.05) is 0 Å². The third-order valence-electron chi connectivity index (χ3n) is 3.59. The summed E-state index contributed by atoms with van der Waals surface area (Å²) in [5.74, 6) is -0.454. The van der Waals surface area contributed by atoms with Crippen LogP contribution < -0.4 is 5.32 Å². The van der Waals surface area contributed by atoms with Gasteiger partial charge in [0.05, 0.1) is 11.2 Å². The van der Waals surface area contributed by atoms with Crippen molar-refractivity contribution in [3.63, 3.8) is 0 Å². The monoisotopic (exact) mass is 286 g/mol. The van der Waals surface area contributed by atoms with Crippen LogP contribution in [0, 0.1) is 0 Å². The second-order valence-electron chi connectivity index (χ2n) is 6.48. The number of rotatable bonds is 1. The van der Waals surface area contributed by atoms with Crippen LogP contribution in [-0.2, 0) is 15.1 Å². The number of hydrogen-bond acceptors (Lipinski definition) is 3. The SMILES string of the molecule is CC(C)(C)OC(=O)[C@]1(C)NC(=O)n2c1cc1ccccc12. The maximum Gasteiger partial charge on any atom is 0.338 e. The Hall–Kier alpha value is -2.30. The highest BCUT2D eigenvalue weighted by atomic mass is 16.6. The van der Waals surface area contributed by atoms with E-state index in [0.717, 1.165) is 10.9 Å². The molecule has 1 amide bonds. The van der Waals surface area contributed by atoms with Crippen LogP contribution in [0.4, 0.5) is 4.79 Å². The molecule has 0 spiro atoms. The van der Waals surface area contributed by atoms with Gasteiger partial charge in [0.1, 0.15) is 5.60 Å². The van der Waals surface area contributed by atoms with Gasteiger partial charge in [0.15, 0.2) is 5.54 Å². The first-order chi connectivity index (χ1) is 9.72. The molecule has 3 rings (SSSR count). The number of carbonyl (C=O) groups excluding carboxylic acids is 2. The van der Waals surface area contributed by atoms with Gasteiger partial charge in [0.2, 0.25) is 0 Å². The van der Waals surface area contributed by atoms with Crippen molar-refractivity contribution < 1.29 is 14.3 Å². The summed E-state index contributed by atoms with van der Waals surface area (Å²) in [5, 5.41) is 3.67. The Morgan fingerprint density at radius 1 is 1.29 bits per heavy atom. The third-order valence-corrected chi connectivity index (χ3v) is 3.59. The zero-order chi connectivity index (χ0) is 15.4. The molecule has 1 aromatic heterocycles. The van der Waals surface area contributed by atoms with Crippen molar-refractivity contribution in [1.82, 2.24) is 9.88 Å². The molecule has 0 radical (unpaired) electrons. The molecule has 0 aliphatic carbocycles. The van der Waals surface area contributed by atoms with E-state index in [1.165, 1.54) is 0 Å². The fraction of sp³-hybridized carbons (Fsp3) is 0.375. The molecule has 0 fully saturated rings. The summed E-state index contributed by atoms with van der Waals surface area (Å²) < 4.78 is 7.00. The number of amides is 1. The van der Waals surface area contributed by atoms with E-state index in [4.69, 9.17) is 4.74 Å². The Kier molecular flexibility index (Phi) is 2.67. The topological polar surface area (TPSA) is 60.3 Å². The smallest absolute Gasteiger partial charge is 0.338 e. The first kappa shape index (κ1) is 13.7. The number of esters is 1. The molecule has 0 bridgehead atoms. The molecular weight excluding hydrogens is 268 g/mol. The molecule has 1 aromatic carbocycles. The van der Waals surface area contributed by atoms with E-state index >= 15 is 0 Å². The van der Waals surface area contributed by atoms with Gasteiger partial charge in [0, 0.05) is 5.39 Å². The van der Waals surface area contributed by atoms with Gasteiger partial charge in [-0.2, -0.15) is 0 Å². The van der Waals surface area contributed by atoms with Crippen LogP contribution >= 0.6 is 0 Å². The predicted octanol–water partition coefficient (Wildman–Crippen LogP) is 2.77. The highest BCUT2D eigenvalue weighted by molar-refractivity contribution is 6.01. The van der Waals surface area contributed by atoms with Crippen LogP contribution in [0.15, 0.2) is 30.3 Å². The van der Waals surface area contributed by atoms with Crippen LogP contribution in [0.25, 0.3) is 10.9 Å². The van der Waals surface area contributed by atoms with Crippen LogP contribution in [0.2, 0.25) is 0 Å². The molecule has 0 saturated carbocycles. The fourth-order valence-electron chi connectivity index (χ4n) is 2.61. The third kappa shape index (κ3) is 2.00. The highest BCUT2D eigenvalue weighted by Crippen LogP contribution is 2.34. The van der Waals surface area contributed by atoms with Crippen LogP contribution in [0.3, 0.4) is 0 Å². The number of aromatic nitrogens is 1. The predicted molar refractivity (Wildman–Crippen MR) is 79.1 cm³/mol. The zero-order valence-corrected chi connectivity index (χ0v) is 12.6. The van der Waals surface area contributed by atoms with Gasteiger partial charge in [-0.05, 0) is 39.8 Å². The van der Waals surface area contributed by atoms with Gasteiger partial charge in [0.25, 0.3) is 0 Å². The van der Waals surface area contributed by atoms with E-state index in [-0.39, 0.29) is 6.03 Å². The fourth-order valence-corrected chi connectivity index (χ4v) is 2.61. The van der Waals surface area contributed by atoms with Gasteiger partial charge in [-0.3, -0.25) is 4.57 Å². The lowest BCUT2D eigenvalue weighted by Gasteiger charge is -2.27. The van der Waals surface area contributed by atoms with Crippen molar-refractivity contribution in [3.05, 3.63) is 36.0 Å². The van der Waals surface area contributed by atoms with Crippen molar-refractivity contribution in [3.8, 4) is 0 Å². The van der Waals surface area contributed by atoms with Gasteiger partial charge in [-0.1, -0.05) is 18.2 Å². The molecule has 5 nitrogen and oxygen atoms in total. The Balaban J connectivity index is 2.13. The first-order valence-corrected chi connectivity index (χ1v) is 6.89. The molecule has 0 unspecified atom stereocenters. The number of benzene rings is 1. The normalized spacial score (nSPS) is 21.2. The summed E-state index contributed by atoms with van der Waals surface area (Å²) >= 11 is 0. The summed E-state index contributed by atoms with van der Waals surface area (Å²) in [6.45, 7) is 7.10. The van der Waals surface area contributed by atoms with Gasteiger partial charge < -0.3 is 10.1 Å². The van der Waals surface area contributed by atoms with E-state index < -0.39 is 17.1 Å². The lowest BCUT2D eigenvalue weighted by atomic mass is 9.98. The van der Waals surface area contributed by atoms with E-state index in [1.807, 2.05) is 30.3 Å². The Morgan fingerprint density at radius 3 is 2.62 bits per heavy atom. The second-order valence-corrected chi connectivity index (χ2v) is 6.48. The Labute approximate surface area is 122 Å². The van der Waals surface area contributed by atoms with Crippen molar-refractivity contribution in [2.45, 2.75) is 38.8 Å². The summed E-state index contributed by atoms with van der Waals surface area (Å²) in [5.41, 5.74) is -0.367. The van der Waals surface area contributed by atoms with Gasteiger partial charge in [-0.15, -0.1) is 0 Å². The Morgan fingerprint density at radius 2 is 1.95 bits per heavy atom. The molecule has 1 atom stereocenters. The largest absolute Gasteiger partial charge is 0.458 e. The van der Waals surface area contributed by atoms with E-state index in [9.17, 15) is 9.59 Å². The highest BCUT2D eigenvalue weighted by Gasteiger charge is 2.48. The van der Waals surface area contributed by atoms with Crippen molar-refractivity contribution >= 4 is 22.9 Å². The molecule has 1 aliphatic rings. The lowest BCUT2D eigenvalue weighted by molar-refractivity contribution is -0.162. The maximum absolute atomic E-state index is 12.5. The molecular formula is C16H18N2O3. The number of ether oxygens (including phenoxy) is 1. The number of nitrogens with one attached hydrogen (secondary N) is 1. The summed E-state index contributed by atoms with van der Waals surface area (Å²) in [4.78, 5) is 24.8. The molecule has 1 N–H and O–H groups in total. The zero-order valence-electron chi connectivity index (χ0n) is 12.6. The molecule has 1 aliphatic heterocycles. The molecule has 5 heteroatoms. The summed E-state index contributed by atoms with van der Waals surface area (Å²) in [6, 6.07) is 9.10. The van der Waals surface area contributed by atoms with E-state index in [0.29, 0.717) is 5.69 Å². The maximum atomic E-state index is 12.5. The molecule has 21 heavy (non-hydrogen) atoms. The molecule has 0 saturated heterocycles. The van der Waals surface area contributed by atoms with Crippen molar-refractivity contribution in [1.29, 1.82) is 0 Å². The van der Waals surface area contributed by atoms with Crippen molar-refractivity contribution in [2.24, 2.45) is 0 Å². The number of nitrogens with zero attached hydrogens (tertiary/aromatic N) is 1. The lowest BCUT2D eigenvalue weighted by Crippen LogP contribution is -2.47. The number of hydrogen-bond donors (Lipinski definition) is 1.